The third kappa shape index (κ3) is 7.32. The molecule has 0 aromatic heterocycles. The molecule has 2 fully saturated rings. The Morgan fingerprint density at radius 1 is 1.11 bits per heavy atom. The normalized spacial score (nSPS) is 27.5. The zero-order valence-corrected chi connectivity index (χ0v) is 20.4. The highest BCUT2D eigenvalue weighted by Crippen LogP contribution is 2.28. The Labute approximate surface area is 209 Å². The molecule has 5 atom stereocenters. The van der Waals surface area contributed by atoms with E-state index in [2.05, 4.69) is 22.0 Å². The summed E-state index contributed by atoms with van der Waals surface area (Å²) in [6, 6.07) is 3.43. The van der Waals surface area contributed by atoms with Gasteiger partial charge in [-0.2, -0.15) is 0 Å². The molecule has 0 unspecified atom stereocenters. The van der Waals surface area contributed by atoms with Gasteiger partial charge in [-0.05, 0) is 32.0 Å². The fraction of sp³-hybridized carbons (Fsp3) is 0.696. The maximum Gasteiger partial charge on any atom is 0.273 e. The second-order valence-corrected chi connectivity index (χ2v) is 9.08. The zero-order chi connectivity index (χ0) is 26.2. The Balaban J connectivity index is 1.57. The van der Waals surface area contributed by atoms with Crippen molar-refractivity contribution in [3.8, 4) is 5.75 Å². The van der Waals surface area contributed by atoms with Crippen molar-refractivity contribution in [3.05, 3.63) is 33.9 Å². The van der Waals surface area contributed by atoms with Gasteiger partial charge in [0.1, 0.15) is 30.2 Å². The van der Waals surface area contributed by atoms with E-state index in [4.69, 9.17) is 9.47 Å². The molecule has 0 radical (unpaired) electrons. The summed E-state index contributed by atoms with van der Waals surface area (Å²) in [5.41, 5.74) is -0.427. The van der Waals surface area contributed by atoms with E-state index >= 15 is 0 Å². The number of nitro benzene ring substituents is 1. The SMILES string of the molecule is CCCN1CCN(CCCNC(=O)c2cc(O[C@H]3O[C@H](CO)[C@H](O)[C@H](O)[C@H]3O)cc([N+](=O)[O-])c2)CC1. The minimum absolute atomic E-state index is 0.0167. The molecule has 2 aliphatic heterocycles. The van der Waals surface area contributed by atoms with E-state index in [0.717, 1.165) is 64.2 Å². The molecule has 1 amide bonds. The first-order valence-electron chi connectivity index (χ1n) is 12.2. The molecule has 2 heterocycles. The molecule has 2 saturated heterocycles. The summed E-state index contributed by atoms with van der Waals surface area (Å²) in [7, 11) is 0. The predicted octanol–water partition coefficient (Wildman–Crippen LogP) is -1.08. The standard InChI is InChI=1S/C23H36N4O9/c1-2-5-25-7-9-26(10-8-25)6-3-4-24-22(32)15-11-16(27(33)34)13-17(12-15)35-23-21(31)20(30)19(29)18(14-28)36-23/h11-13,18-21,23,28-31H,2-10,14H2,1H3,(H,24,32)/t18-,19+,20+,21-,23+/m1/s1. The maximum absolute atomic E-state index is 12.7. The smallest absolute Gasteiger partial charge is 0.273 e. The molecule has 5 N–H and O–H groups in total. The van der Waals surface area contributed by atoms with Gasteiger partial charge < -0.3 is 45.0 Å². The molecule has 202 valence electrons. The number of rotatable bonds is 11. The van der Waals surface area contributed by atoms with Crippen LogP contribution in [0.3, 0.4) is 0 Å². The Bertz CT molecular complexity index is 879. The van der Waals surface area contributed by atoms with Gasteiger partial charge in [-0.15, -0.1) is 0 Å². The van der Waals surface area contributed by atoms with Gasteiger partial charge in [0.15, 0.2) is 0 Å². The number of nitrogens with zero attached hydrogens (tertiary/aromatic N) is 3. The topological polar surface area (TPSA) is 178 Å². The van der Waals surface area contributed by atoms with E-state index < -0.39 is 53.8 Å². The highest BCUT2D eigenvalue weighted by molar-refractivity contribution is 5.95. The highest BCUT2D eigenvalue weighted by Gasteiger charge is 2.44. The Hall–Kier alpha value is -2.39. The molecule has 1 aromatic rings. The van der Waals surface area contributed by atoms with Crippen molar-refractivity contribution in [2.45, 2.75) is 50.5 Å². The van der Waals surface area contributed by atoms with E-state index in [9.17, 15) is 35.3 Å². The molecule has 0 spiro atoms. The van der Waals surface area contributed by atoms with Gasteiger partial charge in [0, 0.05) is 44.4 Å². The van der Waals surface area contributed by atoms with Crippen LogP contribution in [0.15, 0.2) is 18.2 Å². The lowest BCUT2D eigenvalue weighted by molar-refractivity contribution is -0.385. The molecule has 2 aliphatic rings. The van der Waals surface area contributed by atoms with E-state index in [0.29, 0.717) is 6.54 Å². The largest absolute Gasteiger partial charge is 0.462 e. The van der Waals surface area contributed by atoms with Gasteiger partial charge >= 0.3 is 0 Å². The van der Waals surface area contributed by atoms with Gasteiger partial charge in [0.2, 0.25) is 6.29 Å². The Kier molecular flexibility index (Phi) is 10.4. The lowest BCUT2D eigenvalue weighted by atomic mass is 9.99. The van der Waals surface area contributed by atoms with Crippen LogP contribution in [0.1, 0.15) is 30.1 Å². The fourth-order valence-corrected chi connectivity index (χ4v) is 4.35. The second-order valence-electron chi connectivity index (χ2n) is 9.08. The summed E-state index contributed by atoms with van der Waals surface area (Å²) in [5.74, 6) is -0.672. The first kappa shape index (κ1) is 28.2. The van der Waals surface area contributed by atoms with Crippen molar-refractivity contribution in [1.29, 1.82) is 0 Å². The van der Waals surface area contributed by atoms with Gasteiger partial charge in [-0.1, -0.05) is 6.92 Å². The van der Waals surface area contributed by atoms with Crippen LogP contribution < -0.4 is 10.1 Å². The van der Waals surface area contributed by atoms with Crippen molar-refractivity contribution < 1.29 is 39.6 Å². The van der Waals surface area contributed by atoms with Crippen molar-refractivity contribution in [1.82, 2.24) is 15.1 Å². The van der Waals surface area contributed by atoms with Crippen molar-refractivity contribution in [3.63, 3.8) is 0 Å². The number of ether oxygens (including phenoxy) is 2. The number of amides is 1. The molecular formula is C23H36N4O9. The number of nitrogens with one attached hydrogen (secondary N) is 1. The minimum Gasteiger partial charge on any atom is -0.462 e. The monoisotopic (exact) mass is 512 g/mol. The number of carbonyl (C=O) groups excluding carboxylic acids is 1. The first-order chi connectivity index (χ1) is 17.2. The Morgan fingerprint density at radius 3 is 2.39 bits per heavy atom. The summed E-state index contributed by atoms with van der Waals surface area (Å²) >= 11 is 0. The number of benzene rings is 1. The molecule has 0 aliphatic carbocycles. The van der Waals surface area contributed by atoms with Crippen LogP contribution in [0.5, 0.6) is 5.75 Å². The highest BCUT2D eigenvalue weighted by atomic mass is 16.7. The summed E-state index contributed by atoms with van der Waals surface area (Å²) in [6.07, 6.45) is -5.81. The summed E-state index contributed by atoms with van der Waals surface area (Å²) < 4.78 is 10.8. The van der Waals surface area contributed by atoms with Crippen molar-refractivity contribution in [2.24, 2.45) is 0 Å². The van der Waals surface area contributed by atoms with Gasteiger partial charge in [-0.3, -0.25) is 14.9 Å². The molecule has 3 rings (SSSR count). The lowest BCUT2D eigenvalue weighted by Crippen LogP contribution is -2.60. The van der Waals surface area contributed by atoms with Crippen LogP contribution in [0, 0.1) is 10.1 Å². The number of hydrogen-bond donors (Lipinski definition) is 5. The summed E-state index contributed by atoms with van der Waals surface area (Å²) in [4.78, 5) is 28.2. The van der Waals surface area contributed by atoms with Crippen LogP contribution in [0.25, 0.3) is 0 Å². The number of non-ortho nitro benzene ring substituents is 1. The van der Waals surface area contributed by atoms with Gasteiger partial charge in [0.25, 0.3) is 11.6 Å². The fourth-order valence-electron chi connectivity index (χ4n) is 4.35. The van der Waals surface area contributed by atoms with Crippen LogP contribution in [0.2, 0.25) is 0 Å². The maximum atomic E-state index is 12.7. The number of hydrogen-bond acceptors (Lipinski definition) is 11. The average Bonchev–Trinajstić information content (AvgIpc) is 2.87. The number of carbonyl (C=O) groups is 1. The van der Waals surface area contributed by atoms with E-state index in [-0.39, 0.29) is 11.3 Å². The molecule has 13 heteroatoms. The first-order valence-corrected chi connectivity index (χ1v) is 12.2. The lowest BCUT2D eigenvalue weighted by Gasteiger charge is -2.39. The third-order valence-corrected chi connectivity index (χ3v) is 6.41. The van der Waals surface area contributed by atoms with Crippen LogP contribution in [0.4, 0.5) is 5.69 Å². The molecule has 1 aromatic carbocycles. The minimum atomic E-state index is -1.69. The average molecular weight is 513 g/mol. The van der Waals surface area contributed by atoms with E-state index in [1.165, 1.54) is 6.07 Å². The second kappa shape index (κ2) is 13.2. The van der Waals surface area contributed by atoms with Crippen LogP contribution >= 0.6 is 0 Å². The van der Waals surface area contributed by atoms with Gasteiger partial charge in [-0.25, -0.2) is 0 Å². The number of aliphatic hydroxyl groups excluding tert-OH is 4. The number of piperazine rings is 1. The Morgan fingerprint density at radius 2 is 1.78 bits per heavy atom. The quantitative estimate of drug-likeness (QED) is 0.138. The zero-order valence-electron chi connectivity index (χ0n) is 20.4. The molecule has 0 bridgehead atoms. The number of nitro groups is 1. The van der Waals surface area contributed by atoms with Crippen molar-refractivity contribution >= 4 is 11.6 Å². The van der Waals surface area contributed by atoms with Crippen LogP contribution in [-0.4, -0.2) is 124 Å². The molecule has 13 nitrogen and oxygen atoms in total. The third-order valence-electron chi connectivity index (χ3n) is 6.41. The van der Waals surface area contributed by atoms with Crippen molar-refractivity contribution in [2.75, 3.05) is 52.4 Å². The van der Waals surface area contributed by atoms with Gasteiger partial charge in [0.05, 0.1) is 17.6 Å². The van der Waals surface area contributed by atoms with E-state index in [1.54, 1.807) is 0 Å². The molecule has 36 heavy (non-hydrogen) atoms. The number of aliphatic hydroxyl groups is 4. The molecule has 0 saturated carbocycles. The predicted molar refractivity (Wildman–Crippen MR) is 128 cm³/mol. The van der Waals surface area contributed by atoms with E-state index in [1.807, 2.05) is 0 Å². The summed E-state index contributed by atoms with van der Waals surface area (Å²) in [5, 5.41) is 53.5. The summed E-state index contributed by atoms with van der Waals surface area (Å²) in [6.45, 7) is 7.88. The van der Waals surface area contributed by atoms with Crippen LogP contribution in [-0.2, 0) is 4.74 Å². The molecular weight excluding hydrogens is 476 g/mol.